The fourth-order valence-corrected chi connectivity index (χ4v) is 2.30. The van der Waals surface area contributed by atoms with Crippen molar-refractivity contribution in [1.82, 2.24) is 15.1 Å². The normalized spacial score (nSPS) is 13.5. The number of nitrogens with zero attached hydrogens (tertiary/aromatic N) is 2. The Kier molecular flexibility index (Phi) is 5.22. The lowest BCUT2D eigenvalue weighted by molar-refractivity contribution is -0.155. The number of rotatable bonds is 6. The third-order valence-corrected chi connectivity index (χ3v) is 3.72. The molecule has 0 radical (unpaired) electrons. The molecule has 1 atom stereocenters. The van der Waals surface area contributed by atoms with Crippen LogP contribution in [0.15, 0.2) is 30.5 Å². The van der Waals surface area contributed by atoms with Crippen molar-refractivity contribution in [1.29, 1.82) is 0 Å². The number of aliphatic hydroxyl groups is 1. The van der Waals surface area contributed by atoms with Crippen LogP contribution in [0.1, 0.15) is 42.7 Å². The molecule has 0 saturated heterocycles. The molecular weight excluding hydrogens is 329 g/mol. The summed E-state index contributed by atoms with van der Waals surface area (Å²) in [6.45, 7) is 4.41. The van der Waals surface area contributed by atoms with Gasteiger partial charge in [-0.3, -0.25) is 4.79 Å². The molecule has 1 aromatic carbocycles. The van der Waals surface area contributed by atoms with Crippen LogP contribution in [0.5, 0.6) is 0 Å². The van der Waals surface area contributed by atoms with Crippen molar-refractivity contribution in [2.45, 2.75) is 32.3 Å². The Morgan fingerprint density at radius 3 is 2.44 bits per heavy atom. The maximum atomic E-state index is 13.1. The lowest BCUT2D eigenvalue weighted by Gasteiger charge is -2.18. The zero-order valence-electron chi connectivity index (χ0n) is 14.2. The summed E-state index contributed by atoms with van der Waals surface area (Å²) >= 11 is 0. The second-order valence-corrected chi connectivity index (χ2v) is 6.25. The Balaban J connectivity index is 2.31. The van der Waals surface area contributed by atoms with Gasteiger partial charge in [-0.1, -0.05) is 13.8 Å². The van der Waals surface area contributed by atoms with Gasteiger partial charge < -0.3 is 15.5 Å². The van der Waals surface area contributed by atoms with Gasteiger partial charge in [0.25, 0.3) is 5.91 Å². The number of hydrogen-bond acceptors (Lipinski definition) is 4. The van der Waals surface area contributed by atoms with Gasteiger partial charge >= 0.3 is 5.97 Å². The van der Waals surface area contributed by atoms with Crippen LogP contribution in [0.25, 0.3) is 5.69 Å². The summed E-state index contributed by atoms with van der Waals surface area (Å²) in [7, 11) is 0. The Morgan fingerprint density at radius 2 is 1.92 bits per heavy atom. The van der Waals surface area contributed by atoms with Crippen molar-refractivity contribution < 1.29 is 24.2 Å². The lowest BCUT2D eigenvalue weighted by Crippen LogP contribution is -2.46. The number of benzene rings is 1. The minimum Gasteiger partial charge on any atom is -0.479 e. The van der Waals surface area contributed by atoms with Crippen molar-refractivity contribution in [3.63, 3.8) is 0 Å². The van der Waals surface area contributed by atoms with Gasteiger partial charge in [-0.2, -0.15) is 5.10 Å². The van der Waals surface area contributed by atoms with Gasteiger partial charge in [0, 0.05) is 0 Å². The molecule has 0 spiro atoms. The highest BCUT2D eigenvalue weighted by Gasteiger charge is 2.31. The summed E-state index contributed by atoms with van der Waals surface area (Å²) in [6, 6.07) is 5.69. The highest BCUT2D eigenvalue weighted by molar-refractivity contribution is 5.96. The molecular formula is C17H20FN3O4. The number of hydrogen-bond donors (Lipinski definition) is 3. The van der Waals surface area contributed by atoms with E-state index in [4.69, 9.17) is 5.11 Å². The van der Waals surface area contributed by atoms with E-state index in [0.717, 1.165) is 6.92 Å². The SMILES string of the molecule is CC(C)c1c(C(=O)NCC(C)(O)C(=O)O)cnn1-c1ccc(F)cc1. The van der Waals surface area contributed by atoms with Crippen LogP contribution in [0.2, 0.25) is 0 Å². The zero-order valence-corrected chi connectivity index (χ0v) is 14.2. The second-order valence-electron chi connectivity index (χ2n) is 6.25. The van der Waals surface area contributed by atoms with E-state index in [1.54, 1.807) is 12.1 Å². The molecule has 2 rings (SSSR count). The van der Waals surface area contributed by atoms with Crippen LogP contribution in [0.3, 0.4) is 0 Å². The average Bonchev–Trinajstić information content (AvgIpc) is 2.98. The van der Waals surface area contributed by atoms with E-state index < -0.39 is 24.0 Å². The number of amides is 1. The van der Waals surface area contributed by atoms with Gasteiger partial charge in [0.2, 0.25) is 0 Å². The van der Waals surface area contributed by atoms with E-state index in [0.29, 0.717) is 11.4 Å². The Hall–Kier alpha value is -2.74. The summed E-state index contributed by atoms with van der Waals surface area (Å²) in [5.74, 6) is -2.43. The molecule has 0 saturated carbocycles. The summed E-state index contributed by atoms with van der Waals surface area (Å²) in [4.78, 5) is 23.3. The van der Waals surface area contributed by atoms with E-state index in [1.165, 1.54) is 23.0 Å². The minimum atomic E-state index is -2.07. The van der Waals surface area contributed by atoms with Crippen LogP contribution in [0.4, 0.5) is 4.39 Å². The standard InChI is InChI=1S/C17H20FN3O4/c1-10(2)14-13(15(22)19-9-17(3,25)16(23)24)8-20-21(14)12-6-4-11(18)5-7-12/h4-8,10,25H,9H2,1-3H3,(H,19,22)(H,23,24). The van der Waals surface area contributed by atoms with E-state index in [2.05, 4.69) is 10.4 Å². The van der Waals surface area contributed by atoms with Gasteiger partial charge in [0.05, 0.1) is 29.7 Å². The monoisotopic (exact) mass is 349 g/mol. The van der Waals surface area contributed by atoms with Gasteiger partial charge in [-0.05, 0) is 37.1 Å². The number of carbonyl (C=O) groups is 2. The predicted octanol–water partition coefficient (Wildman–Crippen LogP) is 1.70. The lowest BCUT2D eigenvalue weighted by atomic mass is 10.0. The van der Waals surface area contributed by atoms with Crippen LogP contribution in [-0.2, 0) is 4.79 Å². The number of carboxylic acid groups (broad SMARTS) is 1. The predicted molar refractivity (Wildman–Crippen MR) is 88.2 cm³/mol. The quantitative estimate of drug-likeness (QED) is 0.736. The van der Waals surface area contributed by atoms with Crippen molar-refractivity contribution in [3.05, 3.63) is 47.5 Å². The molecule has 2 aromatic rings. The summed E-state index contributed by atoms with van der Waals surface area (Å²) in [5.41, 5.74) is -0.609. The van der Waals surface area contributed by atoms with Gasteiger partial charge in [0.15, 0.2) is 5.60 Å². The number of aliphatic carboxylic acids is 1. The zero-order chi connectivity index (χ0) is 18.8. The highest BCUT2D eigenvalue weighted by Crippen LogP contribution is 2.23. The Labute approximate surface area is 144 Å². The number of nitrogens with one attached hydrogen (secondary N) is 1. The fraction of sp³-hybridized carbons (Fsp3) is 0.353. The number of carboxylic acids is 1. The van der Waals surface area contributed by atoms with Crippen LogP contribution >= 0.6 is 0 Å². The van der Waals surface area contributed by atoms with Crippen LogP contribution in [0, 0.1) is 5.82 Å². The van der Waals surface area contributed by atoms with E-state index in [1.807, 2.05) is 13.8 Å². The molecule has 25 heavy (non-hydrogen) atoms. The number of carbonyl (C=O) groups excluding carboxylic acids is 1. The third-order valence-electron chi connectivity index (χ3n) is 3.72. The smallest absolute Gasteiger partial charge is 0.337 e. The van der Waals surface area contributed by atoms with Crippen LogP contribution < -0.4 is 5.32 Å². The van der Waals surface area contributed by atoms with E-state index in [9.17, 15) is 19.1 Å². The second kappa shape index (κ2) is 7.02. The maximum absolute atomic E-state index is 13.1. The molecule has 0 aliphatic carbocycles. The third kappa shape index (κ3) is 4.03. The molecule has 7 nitrogen and oxygen atoms in total. The molecule has 3 N–H and O–H groups in total. The minimum absolute atomic E-state index is 0.0757. The summed E-state index contributed by atoms with van der Waals surface area (Å²) < 4.78 is 14.6. The topological polar surface area (TPSA) is 104 Å². The van der Waals surface area contributed by atoms with Crippen molar-refractivity contribution in [2.24, 2.45) is 0 Å². The molecule has 1 aromatic heterocycles. The molecule has 0 fully saturated rings. The first-order chi connectivity index (χ1) is 11.6. The molecule has 0 aliphatic heterocycles. The van der Waals surface area contributed by atoms with Crippen molar-refractivity contribution >= 4 is 11.9 Å². The number of halogens is 1. The maximum Gasteiger partial charge on any atom is 0.337 e. The first kappa shape index (κ1) is 18.6. The Morgan fingerprint density at radius 1 is 1.32 bits per heavy atom. The fourth-order valence-electron chi connectivity index (χ4n) is 2.30. The summed E-state index contributed by atoms with van der Waals surface area (Å²) in [5, 5.41) is 25.2. The van der Waals surface area contributed by atoms with Gasteiger partial charge in [0.1, 0.15) is 5.82 Å². The highest BCUT2D eigenvalue weighted by atomic mass is 19.1. The molecule has 1 amide bonds. The average molecular weight is 349 g/mol. The van der Waals surface area contributed by atoms with Gasteiger partial charge in [-0.15, -0.1) is 0 Å². The van der Waals surface area contributed by atoms with E-state index >= 15 is 0 Å². The molecule has 0 aliphatic rings. The first-order valence-corrected chi connectivity index (χ1v) is 7.71. The van der Waals surface area contributed by atoms with E-state index in [-0.39, 0.29) is 17.3 Å². The summed E-state index contributed by atoms with van der Waals surface area (Å²) in [6.07, 6.45) is 1.36. The Bertz CT molecular complexity index is 782. The molecule has 134 valence electrons. The molecule has 0 bridgehead atoms. The van der Waals surface area contributed by atoms with Crippen LogP contribution in [-0.4, -0.2) is 44.0 Å². The van der Waals surface area contributed by atoms with Crippen molar-refractivity contribution in [2.75, 3.05) is 6.54 Å². The first-order valence-electron chi connectivity index (χ1n) is 7.71. The van der Waals surface area contributed by atoms with Gasteiger partial charge in [-0.25, -0.2) is 13.9 Å². The largest absolute Gasteiger partial charge is 0.479 e. The molecule has 8 heteroatoms. The molecule has 1 heterocycles. The van der Waals surface area contributed by atoms with Crippen molar-refractivity contribution in [3.8, 4) is 5.69 Å². The number of aromatic nitrogens is 2. The molecule has 1 unspecified atom stereocenters.